The molecule has 0 aliphatic heterocycles. The molecule has 0 spiro atoms. The number of anilines is 1. The van der Waals surface area contributed by atoms with Gasteiger partial charge in [-0.1, -0.05) is 47.6 Å². The third kappa shape index (κ3) is 3.50. The molecule has 1 amide bonds. The van der Waals surface area contributed by atoms with Gasteiger partial charge < -0.3 is 9.63 Å². The van der Waals surface area contributed by atoms with Crippen molar-refractivity contribution < 1.29 is 19.3 Å². The molecule has 3 rings (SSSR count). The predicted octanol–water partition coefficient (Wildman–Crippen LogP) is 4.80. The van der Waals surface area contributed by atoms with Crippen molar-refractivity contribution in [3.05, 3.63) is 76.0 Å². The molecule has 1 heterocycles. The summed E-state index contributed by atoms with van der Waals surface area (Å²) in [6, 6.07) is 14.5. The van der Waals surface area contributed by atoms with E-state index in [4.69, 9.17) is 4.52 Å². The van der Waals surface area contributed by atoms with Crippen molar-refractivity contribution in [1.82, 2.24) is 5.16 Å². The van der Waals surface area contributed by atoms with E-state index < -0.39 is 17.1 Å². The minimum absolute atomic E-state index is 0.120. The van der Waals surface area contributed by atoms with Crippen LogP contribution in [0.1, 0.15) is 24.2 Å². The second-order valence-corrected chi connectivity index (χ2v) is 5.99. The maximum atomic E-state index is 12.1. The van der Waals surface area contributed by atoms with Crippen LogP contribution in [0.15, 0.2) is 59.1 Å². The maximum Gasteiger partial charge on any atom is 0.412 e. The van der Waals surface area contributed by atoms with Crippen LogP contribution in [0.4, 0.5) is 16.2 Å². The fourth-order valence-corrected chi connectivity index (χ4v) is 2.93. The summed E-state index contributed by atoms with van der Waals surface area (Å²) in [5.41, 5.74) is 1.70. The number of nitrogens with zero attached hydrogens (tertiary/aromatic N) is 3. The molecule has 8 nitrogen and oxygen atoms in total. The summed E-state index contributed by atoms with van der Waals surface area (Å²) >= 11 is 0. The SMILES string of the molecule is Cc1noc(-c2cccc([N+](=O)[O-])c2)c1N(C(=O)O)C(C)c1ccccc1. The molecule has 1 N–H and O–H groups in total. The van der Waals surface area contributed by atoms with E-state index in [0.29, 0.717) is 11.3 Å². The molecule has 0 saturated heterocycles. The van der Waals surface area contributed by atoms with E-state index in [-0.39, 0.29) is 17.1 Å². The molecule has 3 aromatic rings. The highest BCUT2D eigenvalue weighted by molar-refractivity contribution is 5.93. The Morgan fingerprint density at radius 3 is 2.56 bits per heavy atom. The number of benzene rings is 2. The fourth-order valence-electron chi connectivity index (χ4n) is 2.93. The molecule has 0 bridgehead atoms. The van der Waals surface area contributed by atoms with Crippen LogP contribution in [-0.2, 0) is 0 Å². The quantitative estimate of drug-likeness (QED) is 0.512. The molecule has 27 heavy (non-hydrogen) atoms. The average molecular weight is 367 g/mol. The molecular formula is C19H17N3O5. The molecule has 0 aliphatic rings. The first-order valence-corrected chi connectivity index (χ1v) is 8.18. The van der Waals surface area contributed by atoms with E-state index in [0.717, 1.165) is 10.5 Å². The van der Waals surface area contributed by atoms with Gasteiger partial charge in [0, 0.05) is 17.7 Å². The second-order valence-electron chi connectivity index (χ2n) is 5.99. The van der Waals surface area contributed by atoms with Gasteiger partial charge in [0.2, 0.25) is 0 Å². The Morgan fingerprint density at radius 2 is 1.93 bits per heavy atom. The van der Waals surface area contributed by atoms with Crippen LogP contribution in [0.25, 0.3) is 11.3 Å². The van der Waals surface area contributed by atoms with E-state index in [2.05, 4.69) is 5.16 Å². The summed E-state index contributed by atoms with van der Waals surface area (Å²) in [5.74, 6) is 0.168. The lowest BCUT2D eigenvalue weighted by Crippen LogP contribution is -2.32. The van der Waals surface area contributed by atoms with Gasteiger partial charge in [0.05, 0.1) is 11.0 Å². The molecule has 1 atom stereocenters. The highest BCUT2D eigenvalue weighted by Gasteiger charge is 2.30. The normalized spacial score (nSPS) is 11.8. The third-order valence-electron chi connectivity index (χ3n) is 4.27. The first-order valence-electron chi connectivity index (χ1n) is 8.18. The molecule has 1 unspecified atom stereocenters. The topological polar surface area (TPSA) is 110 Å². The molecule has 138 valence electrons. The maximum absolute atomic E-state index is 12.1. The Hall–Kier alpha value is -3.68. The highest BCUT2D eigenvalue weighted by atomic mass is 16.6. The lowest BCUT2D eigenvalue weighted by atomic mass is 10.0. The zero-order valence-corrected chi connectivity index (χ0v) is 14.7. The van der Waals surface area contributed by atoms with Crippen molar-refractivity contribution in [1.29, 1.82) is 0 Å². The Labute approximate surface area is 154 Å². The summed E-state index contributed by atoms with van der Waals surface area (Å²) in [6.07, 6.45) is -1.18. The lowest BCUT2D eigenvalue weighted by molar-refractivity contribution is -0.384. The van der Waals surface area contributed by atoms with Crippen molar-refractivity contribution in [2.75, 3.05) is 4.90 Å². The number of amides is 1. The number of rotatable bonds is 5. The standard InChI is InChI=1S/C19H17N3O5/c1-12-17(21(19(23)24)13(2)14-7-4-3-5-8-14)18(27-20-12)15-9-6-10-16(11-15)22(25)26/h3-11,13H,1-2H3,(H,23,24). The van der Waals surface area contributed by atoms with Gasteiger partial charge in [-0.25, -0.2) is 4.79 Å². The van der Waals surface area contributed by atoms with Crippen LogP contribution in [0.2, 0.25) is 0 Å². The first kappa shape index (κ1) is 18.1. The van der Waals surface area contributed by atoms with E-state index in [1.165, 1.54) is 18.2 Å². The number of hydrogen-bond acceptors (Lipinski definition) is 5. The van der Waals surface area contributed by atoms with Gasteiger partial charge in [0.1, 0.15) is 11.4 Å². The fraction of sp³-hybridized carbons (Fsp3) is 0.158. The van der Waals surface area contributed by atoms with E-state index in [1.807, 2.05) is 30.3 Å². The summed E-state index contributed by atoms with van der Waals surface area (Å²) in [7, 11) is 0. The molecule has 8 heteroatoms. The summed E-state index contributed by atoms with van der Waals surface area (Å²) in [6.45, 7) is 3.39. The number of nitro benzene ring substituents is 1. The number of non-ortho nitro benzene ring substituents is 1. The molecule has 0 saturated carbocycles. The van der Waals surface area contributed by atoms with Gasteiger partial charge >= 0.3 is 6.09 Å². The summed E-state index contributed by atoms with van der Waals surface area (Å²) < 4.78 is 5.36. The zero-order chi connectivity index (χ0) is 19.6. The van der Waals surface area contributed by atoms with Crippen LogP contribution in [-0.4, -0.2) is 21.3 Å². The smallest absolute Gasteiger partial charge is 0.412 e. The molecule has 0 fully saturated rings. The van der Waals surface area contributed by atoms with Crippen molar-refractivity contribution in [2.24, 2.45) is 0 Å². The van der Waals surface area contributed by atoms with Gasteiger partial charge in [0.25, 0.3) is 5.69 Å². The molecule has 0 aliphatic carbocycles. The van der Waals surface area contributed by atoms with Gasteiger partial charge in [-0.3, -0.25) is 15.0 Å². The zero-order valence-electron chi connectivity index (χ0n) is 14.7. The molecule has 0 radical (unpaired) electrons. The monoisotopic (exact) mass is 367 g/mol. The number of hydrogen-bond donors (Lipinski definition) is 1. The molecule has 2 aromatic carbocycles. The Morgan fingerprint density at radius 1 is 1.22 bits per heavy atom. The third-order valence-corrected chi connectivity index (χ3v) is 4.27. The van der Waals surface area contributed by atoms with Gasteiger partial charge in [-0.2, -0.15) is 0 Å². The number of aryl methyl sites for hydroxylation is 1. The van der Waals surface area contributed by atoms with Gasteiger partial charge in [0.15, 0.2) is 5.76 Å². The van der Waals surface area contributed by atoms with Gasteiger partial charge in [-0.15, -0.1) is 0 Å². The van der Waals surface area contributed by atoms with E-state index in [9.17, 15) is 20.0 Å². The number of carboxylic acid groups (broad SMARTS) is 1. The van der Waals surface area contributed by atoms with Crippen LogP contribution in [0, 0.1) is 17.0 Å². The Kier molecular flexibility index (Phi) is 4.89. The largest absolute Gasteiger partial charge is 0.465 e. The summed E-state index contributed by atoms with van der Waals surface area (Å²) in [4.78, 5) is 23.8. The number of nitro groups is 1. The highest BCUT2D eigenvalue weighted by Crippen LogP contribution is 2.39. The minimum atomic E-state index is -1.18. The first-order chi connectivity index (χ1) is 12.9. The van der Waals surface area contributed by atoms with Crippen LogP contribution >= 0.6 is 0 Å². The van der Waals surface area contributed by atoms with Crippen molar-refractivity contribution >= 4 is 17.5 Å². The van der Waals surface area contributed by atoms with Crippen LogP contribution in [0.3, 0.4) is 0 Å². The minimum Gasteiger partial charge on any atom is -0.465 e. The predicted molar refractivity (Wildman–Crippen MR) is 98.7 cm³/mol. The van der Waals surface area contributed by atoms with Crippen LogP contribution in [0.5, 0.6) is 0 Å². The summed E-state index contributed by atoms with van der Waals surface area (Å²) in [5, 5.41) is 24.8. The molecular weight excluding hydrogens is 350 g/mol. The van der Waals surface area contributed by atoms with Gasteiger partial charge in [-0.05, 0) is 19.4 Å². The second kappa shape index (κ2) is 7.28. The van der Waals surface area contributed by atoms with Crippen molar-refractivity contribution in [3.63, 3.8) is 0 Å². The number of aromatic nitrogens is 1. The Balaban J connectivity index is 2.13. The lowest BCUT2D eigenvalue weighted by Gasteiger charge is -2.26. The van der Waals surface area contributed by atoms with Crippen LogP contribution < -0.4 is 4.90 Å². The average Bonchev–Trinajstić information content (AvgIpc) is 3.03. The van der Waals surface area contributed by atoms with Crippen molar-refractivity contribution in [2.45, 2.75) is 19.9 Å². The van der Waals surface area contributed by atoms with E-state index in [1.54, 1.807) is 19.9 Å². The van der Waals surface area contributed by atoms with E-state index >= 15 is 0 Å². The Bertz CT molecular complexity index is 984. The number of carbonyl (C=O) groups is 1. The molecule has 1 aromatic heterocycles. The van der Waals surface area contributed by atoms with Crippen molar-refractivity contribution in [3.8, 4) is 11.3 Å².